The van der Waals surface area contributed by atoms with Crippen LogP contribution < -0.4 is 10.1 Å². The highest BCUT2D eigenvalue weighted by Gasteiger charge is 2.18. The van der Waals surface area contributed by atoms with Crippen LogP contribution in [-0.4, -0.2) is 44.9 Å². The van der Waals surface area contributed by atoms with Gasteiger partial charge in [-0.2, -0.15) is 0 Å². The van der Waals surface area contributed by atoms with Crippen molar-refractivity contribution in [3.05, 3.63) is 23.8 Å². The van der Waals surface area contributed by atoms with Crippen molar-refractivity contribution in [2.24, 2.45) is 5.92 Å². The van der Waals surface area contributed by atoms with Crippen molar-refractivity contribution >= 4 is 5.69 Å². The standard InChI is InChI=1S/C16H24N2O2/c1-18(11-13-5-8-19-9-6-13)12-14-3-2-4-15-16(14)20-10-7-17-15/h2-4,13,17H,5-12H2,1H3. The van der Waals surface area contributed by atoms with Crippen LogP contribution in [0.5, 0.6) is 5.75 Å². The highest BCUT2D eigenvalue weighted by Crippen LogP contribution is 2.32. The van der Waals surface area contributed by atoms with E-state index in [1.165, 1.54) is 18.4 Å². The second-order valence-electron chi connectivity index (χ2n) is 5.82. The molecule has 4 nitrogen and oxygen atoms in total. The molecule has 0 radical (unpaired) electrons. The Morgan fingerprint density at radius 2 is 2.10 bits per heavy atom. The molecule has 0 amide bonds. The zero-order valence-electron chi connectivity index (χ0n) is 12.2. The summed E-state index contributed by atoms with van der Waals surface area (Å²) in [5.41, 5.74) is 2.41. The zero-order chi connectivity index (χ0) is 13.8. The molecule has 3 rings (SSSR count). The summed E-state index contributed by atoms with van der Waals surface area (Å²) < 4.78 is 11.3. The molecule has 0 bridgehead atoms. The number of nitrogens with zero attached hydrogens (tertiary/aromatic N) is 1. The lowest BCUT2D eigenvalue weighted by Gasteiger charge is -2.28. The number of rotatable bonds is 4. The van der Waals surface area contributed by atoms with Crippen LogP contribution in [0.15, 0.2) is 18.2 Å². The van der Waals surface area contributed by atoms with E-state index in [2.05, 4.69) is 35.5 Å². The van der Waals surface area contributed by atoms with E-state index in [1.807, 2.05) is 0 Å². The fourth-order valence-corrected chi connectivity index (χ4v) is 3.08. The molecule has 0 atom stereocenters. The molecule has 1 fully saturated rings. The second kappa shape index (κ2) is 6.46. The average Bonchev–Trinajstić information content (AvgIpc) is 2.48. The first-order valence-electron chi connectivity index (χ1n) is 7.58. The number of nitrogens with one attached hydrogen (secondary N) is 1. The first-order valence-corrected chi connectivity index (χ1v) is 7.58. The number of hydrogen-bond acceptors (Lipinski definition) is 4. The molecule has 110 valence electrons. The van der Waals surface area contributed by atoms with Gasteiger partial charge in [-0.25, -0.2) is 0 Å². The molecule has 1 aromatic rings. The van der Waals surface area contributed by atoms with Crippen molar-refractivity contribution in [2.75, 3.05) is 45.3 Å². The predicted octanol–water partition coefficient (Wildman–Crippen LogP) is 2.35. The molecule has 2 heterocycles. The average molecular weight is 276 g/mol. The van der Waals surface area contributed by atoms with Crippen LogP contribution >= 0.6 is 0 Å². The lowest BCUT2D eigenvalue weighted by atomic mass is 9.99. The number of para-hydroxylation sites is 1. The molecule has 0 aliphatic carbocycles. The van der Waals surface area contributed by atoms with Crippen LogP contribution in [0.4, 0.5) is 5.69 Å². The van der Waals surface area contributed by atoms with Crippen LogP contribution in [0.3, 0.4) is 0 Å². The molecular formula is C16H24N2O2. The minimum absolute atomic E-state index is 0.758. The van der Waals surface area contributed by atoms with Crippen molar-refractivity contribution in [3.63, 3.8) is 0 Å². The van der Waals surface area contributed by atoms with E-state index in [-0.39, 0.29) is 0 Å². The molecule has 20 heavy (non-hydrogen) atoms. The van der Waals surface area contributed by atoms with Gasteiger partial charge in [0.05, 0.1) is 5.69 Å². The van der Waals surface area contributed by atoms with Gasteiger partial charge < -0.3 is 19.7 Å². The zero-order valence-corrected chi connectivity index (χ0v) is 12.2. The number of ether oxygens (including phenoxy) is 2. The lowest BCUT2D eigenvalue weighted by molar-refractivity contribution is 0.0548. The van der Waals surface area contributed by atoms with E-state index < -0.39 is 0 Å². The topological polar surface area (TPSA) is 33.7 Å². The number of fused-ring (bicyclic) bond motifs is 1. The van der Waals surface area contributed by atoms with Crippen LogP contribution in [0, 0.1) is 5.92 Å². The lowest BCUT2D eigenvalue weighted by Crippen LogP contribution is -2.29. The number of anilines is 1. The highest BCUT2D eigenvalue weighted by atomic mass is 16.5. The van der Waals surface area contributed by atoms with E-state index in [4.69, 9.17) is 9.47 Å². The summed E-state index contributed by atoms with van der Waals surface area (Å²) in [6.45, 7) is 5.59. The summed E-state index contributed by atoms with van der Waals surface area (Å²) in [5.74, 6) is 1.81. The van der Waals surface area contributed by atoms with Crippen molar-refractivity contribution in [2.45, 2.75) is 19.4 Å². The molecule has 4 heteroatoms. The van der Waals surface area contributed by atoms with Crippen LogP contribution in [-0.2, 0) is 11.3 Å². The van der Waals surface area contributed by atoms with Crippen LogP contribution in [0.25, 0.3) is 0 Å². The summed E-state index contributed by atoms with van der Waals surface area (Å²) in [5, 5.41) is 3.40. The Labute approximate surface area is 121 Å². The van der Waals surface area contributed by atoms with E-state index in [0.717, 1.165) is 56.8 Å². The van der Waals surface area contributed by atoms with E-state index in [9.17, 15) is 0 Å². The normalized spacial score (nSPS) is 19.3. The van der Waals surface area contributed by atoms with E-state index in [1.54, 1.807) is 0 Å². The third-order valence-electron chi connectivity index (χ3n) is 4.11. The molecule has 0 spiro atoms. The largest absolute Gasteiger partial charge is 0.489 e. The first kappa shape index (κ1) is 13.7. The smallest absolute Gasteiger partial charge is 0.146 e. The predicted molar refractivity (Wildman–Crippen MR) is 80.3 cm³/mol. The third kappa shape index (κ3) is 3.25. The maximum absolute atomic E-state index is 5.84. The molecule has 0 saturated carbocycles. The molecule has 1 saturated heterocycles. The molecule has 0 unspecified atom stereocenters. The molecule has 1 N–H and O–H groups in total. The van der Waals surface area contributed by atoms with Gasteiger partial charge in [0.15, 0.2) is 0 Å². The maximum atomic E-state index is 5.84. The SMILES string of the molecule is CN(Cc1cccc2c1OCCN2)CC1CCOCC1. The molecule has 2 aliphatic rings. The Balaban J connectivity index is 1.62. The number of hydrogen-bond donors (Lipinski definition) is 1. The van der Waals surface area contributed by atoms with Crippen molar-refractivity contribution < 1.29 is 9.47 Å². The third-order valence-corrected chi connectivity index (χ3v) is 4.11. The summed E-state index contributed by atoms with van der Waals surface area (Å²) in [7, 11) is 2.20. The summed E-state index contributed by atoms with van der Waals surface area (Å²) in [4.78, 5) is 2.41. The molecule has 0 aromatic heterocycles. The van der Waals surface area contributed by atoms with Crippen LogP contribution in [0.1, 0.15) is 18.4 Å². The van der Waals surface area contributed by atoms with Gasteiger partial charge in [0, 0.05) is 38.4 Å². The van der Waals surface area contributed by atoms with Crippen molar-refractivity contribution in [3.8, 4) is 5.75 Å². The van der Waals surface area contributed by atoms with Gasteiger partial charge in [-0.05, 0) is 31.9 Å². The summed E-state index contributed by atoms with van der Waals surface area (Å²) >= 11 is 0. The van der Waals surface area contributed by atoms with Gasteiger partial charge >= 0.3 is 0 Å². The molecule has 2 aliphatic heterocycles. The Bertz CT molecular complexity index is 444. The molecule has 1 aromatic carbocycles. The Morgan fingerprint density at radius 3 is 2.95 bits per heavy atom. The monoisotopic (exact) mass is 276 g/mol. The Hall–Kier alpha value is -1.26. The molecular weight excluding hydrogens is 252 g/mol. The van der Waals surface area contributed by atoms with E-state index in [0.29, 0.717) is 0 Å². The van der Waals surface area contributed by atoms with Gasteiger partial charge in [0.25, 0.3) is 0 Å². The second-order valence-corrected chi connectivity index (χ2v) is 5.82. The van der Waals surface area contributed by atoms with Gasteiger partial charge in [0.2, 0.25) is 0 Å². The minimum Gasteiger partial charge on any atom is -0.489 e. The summed E-state index contributed by atoms with van der Waals surface area (Å²) in [6.07, 6.45) is 2.38. The van der Waals surface area contributed by atoms with Gasteiger partial charge in [-0.1, -0.05) is 12.1 Å². The van der Waals surface area contributed by atoms with E-state index >= 15 is 0 Å². The van der Waals surface area contributed by atoms with Crippen molar-refractivity contribution in [1.82, 2.24) is 4.90 Å². The van der Waals surface area contributed by atoms with Crippen LogP contribution in [0.2, 0.25) is 0 Å². The number of benzene rings is 1. The minimum atomic E-state index is 0.758. The van der Waals surface area contributed by atoms with Gasteiger partial charge in [0.1, 0.15) is 12.4 Å². The van der Waals surface area contributed by atoms with Crippen molar-refractivity contribution in [1.29, 1.82) is 0 Å². The highest BCUT2D eigenvalue weighted by molar-refractivity contribution is 5.61. The fourth-order valence-electron chi connectivity index (χ4n) is 3.08. The summed E-state index contributed by atoms with van der Waals surface area (Å²) in [6, 6.07) is 6.38. The first-order chi connectivity index (χ1) is 9.83. The maximum Gasteiger partial charge on any atom is 0.146 e. The Morgan fingerprint density at radius 1 is 1.25 bits per heavy atom. The van der Waals surface area contributed by atoms with Gasteiger partial charge in [-0.15, -0.1) is 0 Å². The quantitative estimate of drug-likeness (QED) is 0.915. The van der Waals surface area contributed by atoms with Gasteiger partial charge in [-0.3, -0.25) is 0 Å². The fraction of sp³-hybridized carbons (Fsp3) is 0.625. The Kier molecular flexibility index (Phi) is 4.43.